The summed E-state index contributed by atoms with van der Waals surface area (Å²) in [6.45, 7) is 4.37. The van der Waals surface area contributed by atoms with Crippen LogP contribution in [-0.4, -0.2) is 11.6 Å². The van der Waals surface area contributed by atoms with E-state index in [9.17, 15) is 9.59 Å². The van der Waals surface area contributed by atoms with Crippen LogP contribution in [0.5, 0.6) is 0 Å². The van der Waals surface area contributed by atoms with Gasteiger partial charge in [0.05, 0.1) is 5.57 Å². The van der Waals surface area contributed by atoms with E-state index in [0.717, 1.165) is 33.9 Å². The summed E-state index contributed by atoms with van der Waals surface area (Å²) in [6.07, 6.45) is 1.60. The number of benzene rings is 4. The Morgan fingerprint density at radius 1 is 0.615 bits per heavy atom. The van der Waals surface area contributed by atoms with Crippen molar-refractivity contribution in [3.63, 3.8) is 0 Å². The topological polar surface area (TPSA) is 50.5 Å². The first-order chi connectivity index (χ1) is 18.9. The fourth-order valence-electron chi connectivity index (χ4n) is 5.82. The fourth-order valence-corrected chi connectivity index (χ4v) is 5.82. The zero-order valence-corrected chi connectivity index (χ0v) is 21.6. The smallest absolute Gasteiger partial charge is 0.197 e. The molecule has 0 saturated heterocycles. The lowest BCUT2D eigenvalue weighted by molar-refractivity contribution is 0.0990. The molecule has 1 heterocycles. The summed E-state index contributed by atoms with van der Waals surface area (Å²) in [5.41, 5.74) is 7.19. The summed E-state index contributed by atoms with van der Waals surface area (Å²) < 4.78 is 6.32. The average Bonchev–Trinajstić information content (AvgIpc) is 3.56. The van der Waals surface area contributed by atoms with Crippen molar-refractivity contribution in [3.05, 3.63) is 143 Å². The van der Waals surface area contributed by atoms with Gasteiger partial charge in [0.2, 0.25) is 0 Å². The van der Waals surface area contributed by atoms with Crippen LogP contribution in [0.15, 0.2) is 119 Å². The largest absolute Gasteiger partial charge is 0.456 e. The first-order valence-electron chi connectivity index (χ1n) is 13.0. The molecule has 0 bridgehead atoms. The number of hydrogen-bond acceptors (Lipinski definition) is 4. The molecule has 2 aliphatic carbocycles. The molecule has 7 rings (SSSR count). The van der Waals surface area contributed by atoms with E-state index in [2.05, 4.69) is 61.2 Å². The van der Waals surface area contributed by atoms with Crippen LogP contribution < -0.4 is 4.90 Å². The van der Waals surface area contributed by atoms with Gasteiger partial charge in [-0.3, -0.25) is 9.59 Å². The van der Waals surface area contributed by atoms with Gasteiger partial charge in [0.15, 0.2) is 11.6 Å². The van der Waals surface area contributed by atoms with Crippen LogP contribution in [0.2, 0.25) is 0 Å². The molecule has 0 amide bonds. The minimum atomic E-state index is -0.327. The van der Waals surface area contributed by atoms with E-state index >= 15 is 0 Å². The molecule has 4 heteroatoms. The van der Waals surface area contributed by atoms with Gasteiger partial charge in [0.25, 0.3) is 0 Å². The zero-order valence-electron chi connectivity index (χ0n) is 21.6. The molecule has 0 N–H and O–H groups in total. The van der Waals surface area contributed by atoms with E-state index in [-0.39, 0.29) is 22.6 Å². The van der Waals surface area contributed by atoms with E-state index in [1.165, 1.54) is 5.56 Å². The van der Waals surface area contributed by atoms with Gasteiger partial charge in [-0.05, 0) is 60.2 Å². The summed E-state index contributed by atoms with van der Waals surface area (Å²) in [5, 5.41) is 0. The molecule has 0 radical (unpaired) electrons. The van der Waals surface area contributed by atoms with Gasteiger partial charge < -0.3 is 9.32 Å². The monoisotopic (exact) mass is 507 g/mol. The predicted molar refractivity (Wildman–Crippen MR) is 154 cm³/mol. The number of rotatable bonds is 4. The lowest BCUT2D eigenvalue weighted by Gasteiger charge is -2.27. The van der Waals surface area contributed by atoms with E-state index < -0.39 is 0 Å². The van der Waals surface area contributed by atoms with Crippen molar-refractivity contribution in [2.24, 2.45) is 0 Å². The fraction of sp³-hybridized carbons (Fsp3) is 0.0857. The summed E-state index contributed by atoms with van der Waals surface area (Å²) in [6, 6.07) is 36.1. The quantitative estimate of drug-likeness (QED) is 0.181. The SMILES string of the molecule is CC1(C)c2cc(N(c3ccccc3)c3ccccc3)ccc2-c2oc(C=C3C(=O)c4ccccc4C3=O)cc21. The van der Waals surface area contributed by atoms with Crippen molar-refractivity contribution in [2.75, 3.05) is 4.90 Å². The van der Waals surface area contributed by atoms with Gasteiger partial charge in [-0.1, -0.05) is 74.5 Å². The minimum absolute atomic E-state index is 0.151. The lowest BCUT2D eigenvalue weighted by atomic mass is 9.82. The van der Waals surface area contributed by atoms with E-state index in [4.69, 9.17) is 4.42 Å². The molecule has 0 saturated carbocycles. The summed E-state index contributed by atoms with van der Waals surface area (Å²) in [5.74, 6) is 0.800. The highest BCUT2D eigenvalue weighted by Gasteiger charge is 2.40. The van der Waals surface area contributed by atoms with Gasteiger partial charge >= 0.3 is 0 Å². The highest BCUT2D eigenvalue weighted by Crippen LogP contribution is 2.52. The number of carbonyl (C=O) groups is 2. The van der Waals surface area contributed by atoms with Crippen LogP contribution in [-0.2, 0) is 5.41 Å². The second-order valence-electron chi connectivity index (χ2n) is 10.5. The Morgan fingerprint density at radius 2 is 1.18 bits per heavy atom. The highest BCUT2D eigenvalue weighted by atomic mass is 16.3. The summed E-state index contributed by atoms with van der Waals surface area (Å²) >= 11 is 0. The van der Waals surface area contributed by atoms with Crippen molar-refractivity contribution in [1.82, 2.24) is 0 Å². The van der Waals surface area contributed by atoms with Crippen LogP contribution in [0.25, 0.3) is 17.4 Å². The van der Waals surface area contributed by atoms with Crippen molar-refractivity contribution < 1.29 is 14.0 Å². The van der Waals surface area contributed by atoms with Crippen LogP contribution in [0.1, 0.15) is 51.5 Å². The average molecular weight is 508 g/mol. The van der Waals surface area contributed by atoms with Crippen molar-refractivity contribution in [2.45, 2.75) is 19.3 Å². The maximum atomic E-state index is 12.9. The molecule has 4 aromatic carbocycles. The van der Waals surface area contributed by atoms with Gasteiger partial charge in [-0.15, -0.1) is 0 Å². The number of nitrogens with zero attached hydrogens (tertiary/aromatic N) is 1. The normalized spacial score (nSPS) is 14.7. The van der Waals surface area contributed by atoms with Crippen molar-refractivity contribution in [3.8, 4) is 11.3 Å². The molecule has 0 fully saturated rings. The third kappa shape index (κ3) is 3.52. The minimum Gasteiger partial charge on any atom is -0.456 e. The van der Waals surface area contributed by atoms with E-state index in [0.29, 0.717) is 16.9 Å². The maximum absolute atomic E-state index is 12.9. The first-order valence-corrected chi connectivity index (χ1v) is 13.0. The Labute approximate surface area is 226 Å². The molecular weight excluding hydrogens is 482 g/mol. The number of ketones is 2. The molecule has 2 aliphatic rings. The highest BCUT2D eigenvalue weighted by molar-refractivity contribution is 6.41. The molecule has 5 aromatic rings. The maximum Gasteiger partial charge on any atom is 0.197 e. The molecule has 39 heavy (non-hydrogen) atoms. The molecule has 0 spiro atoms. The second-order valence-corrected chi connectivity index (χ2v) is 10.5. The van der Waals surface area contributed by atoms with Crippen LogP contribution >= 0.6 is 0 Å². The first kappa shape index (κ1) is 23.2. The summed E-state index contributed by atoms with van der Waals surface area (Å²) in [4.78, 5) is 28.1. The zero-order chi connectivity index (χ0) is 26.7. The number of allylic oxidation sites excluding steroid dienone is 1. The number of carbonyl (C=O) groups excluding carboxylic acids is 2. The second kappa shape index (κ2) is 8.53. The van der Waals surface area contributed by atoms with Crippen LogP contribution in [0.3, 0.4) is 0 Å². The van der Waals surface area contributed by atoms with E-state index in [1.807, 2.05) is 42.5 Å². The third-order valence-electron chi connectivity index (χ3n) is 7.82. The van der Waals surface area contributed by atoms with Crippen molar-refractivity contribution in [1.29, 1.82) is 0 Å². The number of furan rings is 1. The van der Waals surface area contributed by atoms with Crippen LogP contribution in [0, 0.1) is 0 Å². The number of para-hydroxylation sites is 2. The Bertz CT molecular complexity index is 1730. The number of hydrogen-bond donors (Lipinski definition) is 0. The predicted octanol–water partition coefficient (Wildman–Crippen LogP) is 8.52. The molecule has 0 unspecified atom stereocenters. The molecular formula is C35H25NO3. The number of anilines is 3. The van der Waals surface area contributed by atoms with Gasteiger partial charge in [0.1, 0.15) is 11.5 Å². The number of fused-ring (bicyclic) bond motifs is 4. The Balaban J connectivity index is 1.30. The molecule has 1 aromatic heterocycles. The Hall–Kier alpha value is -4.96. The number of Topliss-reactive ketones (excluding diaryl/α,β-unsaturated/α-hetero) is 2. The Kier molecular flexibility index (Phi) is 5.07. The standard InChI is InChI=1S/C35H25NO3/c1-35(2)30-19-24(36(22-11-5-3-6-12-22)23-13-7-4-8-14-23)17-18-28(30)34-31(35)21-25(39-34)20-29-32(37)26-15-9-10-16-27(26)33(29)38/h3-21H,1-2H3. The molecule has 188 valence electrons. The van der Waals surface area contributed by atoms with Gasteiger partial charge in [0, 0.05) is 44.7 Å². The molecule has 0 atom stereocenters. The van der Waals surface area contributed by atoms with Gasteiger partial charge in [-0.2, -0.15) is 0 Å². The molecule has 4 nitrogen and oxygen atoms in total. The lowest BCUT2D eigenvalue weighted by Crippen LogP contribution is -2.16. The Morgan fingerprint density at radius 3 is 1.77 bits per heavy atom. The summed E-state index contributed by atoms with van der Waals surface area (Å²) in [7, 11) is 0. The van der Waals surface area contributed by atoms with Gasteiger partial charge in [-0.25, -0.2) is 0 Å². The van der Waals surface area contributed by atoms with E-state index in [1.54, 1.807) is 30.3 Å². The van der Waals surface area contributed by atoms with Crippen molar-refractivity contribution >= 4 is 34.7 Å². The molecule has 0 aliphatic heterocycles. The van der Waals surface area contributed by atoms with Crippen LogP contribution in [0.4, 0.5) is 17.1 Å². The third-order valence-corrected chi connectivity index (χ3v) is 7.82.